The Balaban J connectivity index is 0.00000288. The zero-order valence-corrected chi connectivity index (χ0v) is 16.8. The quantitative estimate of drug-likeness (QED) is 0.408. The van der Waals surface area contributed by atoms with Crippen LogP contribution in [0.25, 0.3) is 0 Å². The van der Waals surface area contributed by atoms with Crippen molar-refractivity contribution in [1.82, 2.24) is 10.6 Å². The van der Waals surface area contributed by atoms with Crippen molar-refractivity contribution in [1.29, 1.82) is 0 Å². The molecule has 0 aliphatic carbocycles. The number of nitrogens with zero attached hydrogens (tertiary/aromatic N) is 1. The normalized spacial score (nSPS) is 10.7. The Morgan fingerprint density at radius 2 is 1.79 bits per heavy atom. The van der Waals surface area contributed by atoms with Crippen LogP contribution in [0.2, 0.25) is 0 Å². The topological polar surface area (TPSA) is 45.6 Å². The lowest BCUT2D eigenvalue weighted by molar-refractivity contribution is 0.336. The molecule has 2 aromatic carbocycles. The maximum atomic E-state index is 5.65. The number of ether oxygens (including phenoxy) is 1. The minimum absolute atomic E-state index is 0. The Hall–Kier alpha value is -1.76. The van der Waals surface area contributed by atoms with Crippen LogP contribution >= 0.6 is 24.0 Å². The van der Waals surface area contributed by atoms with E-state index >= 15 is 0 Å². The molecule has 2 aromatic rings. The molecule has 0 bridgehead atoms. The van der Waals surface area contributed by atoms with Crippen LogP contribution in [0.1, 0.15) is 23.6 Å². The van der Waals surface area contributed by atoms with Crippen molar-refractivity contribution < 1.29 is 4.74 Å². The Labute approximate surface area is 161 Å². The summed E-state index contributed by atoms with van der Waals surface area (Å²) in [6.07, 6.45) is 0. The van der Waals surface area contributed by atoms with E-state index in [9.17, 15) is 0 Å². The summed E-state index contributed by atoms with van der Waals surface area (Å²) in [6, 6.07) is 16.5. The second-order valence-corrected chi connectivity index (χ2v) is 5.31. The molecule has 0 aliphatic rings. The van der Waals surface area contributed by atoms with Crippen LogP contribution in [-0.4, -0.2) is 19.6 Å². The Morgan fingerprint density at radius 3 is 2.50 bits per heavy atom. The Kier molecular flexibility index (Phi) is 9.22. The summed E-state index contributed by atoms with van der Waals surface area (Å²) < 4.78 is 5.65. The average molecular weight is 439 g/mol. The van der Waals surface area contributed by atoms with Crippen molar-refractivity contribution in [2.24, 2.45) is 4.99 Å². The molecule has 0 heterocycles. The summed E-state index contributed by atoms with van der Waals surface area (Å²) in [4.78, 5) is 4.27. The summed E-state index contributed by atoms with van der Waals surface area (Å²) in [6.45, 7) is 6.17. The maximum Gasteiger partial charge on any atom is 0.191 e. The highest BCUT2D eigenvalue weighted by atomic mass is 127. The first-order valence-corrected chi connectivity index (χ1v) is 7.93. The van der Waals surface area contributed by atoms with E-state index in [1.165, 1.54) is 11.1 Å². The number of hydrogen-bond donors (Lipinski definition) is 2. The summed E-state index contributed by atoms with van der Waals surface area (Å²) in [7, 11) is 1.78. The minimum atomic E-state index is 0. The number of guanidine groups is 1. The predicted molar refractivity (Wildman–Crippen MR) is 111 cm³/mol. The van der Waals surface area contributed by atoms with Crippen molar-refractivity contribution in [2.75, 3.05) is 13.7 Å². The molecule has 0 fully saturated rings. The Bertz CT molecular complexity index is 659. The fraction of sp³-hybridized carbons (Fsp3) is 0.316. The third-order valence-corrected chi connectivity index (χ3v) is 3.48. The third-order valence-electron chi connectivity index (χ3n) is 3.48. The molecule has 0 aromatic heterocycles. The lowest BCUT2D eigenvalue weighted by atomic mass is 10.1. The average Bonchev–Trinajstić information content (AvgIpc) is 2.57. The lowest BCUT2D eigenvalue weighted by Crippen LogP contribution is -2.36. The molecule has 130 valence electrons. The predicted octanol–water partition coefficient (Wildman–Crippen LogP) is 3.88. The van der Waals surface area contributed by atoms with Crippen LogP contribution < -0.4 is 15.4 Å². The molecule has 5 heteroatoms. The first kappa shape index (κ1) is 20.3. The number of halogens is 1. The van der Waals surface area contributed by atoms with Crippen LogP contribution in [0.15, 0.2) is 53.5 Å². The second-order valence-electron chi connectivity index (χ2n) is 5.31. The van der Waals surface area contributed by atoms with Gasteiger partial charge in [0.25, 0.3) is 0 Å². The summed E-state index contributed by atoms with van der Waals surface area (Å²) >= 11 is 0. The fourth-order valence-corrected chi connectivity index (χ4v) is 2.35. The number of hydrogen-bond acceptors (Lipinski definition) is 2. The van der Waals surface area contributed by atoms with Crippen LogP contribution in [0.3, 0.4) is 0 Å². The van der Waals surface area contributed by atoms with E-state index in [0.717, 1.165) is 23.8 Å². The van der Waals surface area contributed by atoms with Gasteiger partial charge < -0.3 is 15.4 Å². The van der Waals surface area contributed by atoms with Gasteiger partial charge in [-0.3, -0.25) is 4.99 Å². The summed E-state index contributed by atoms with van der Waals surface area (Å²) in [5, 5.41) is 6.66. The first-order chi connectivity index (χ1) is 11.2. The van der Waals surface area contributed by atoms with Gasteiger partial charge in [0.1, 0.15) is 5.75 Å². The lowest BCUT2D eigenvalue weighted by Gasteiger charge is -2.14. The highest BCUT2D eigenvalue weighted by Gasteiger charge is 2.04. The van der Waals surface area contributed by atoms with Gasteiger partial charge in [0.2, 0.25) is 0 Å². The Morgan fingerprint density at radius 1 is 1.04 bits per heavy atom. The number of aliphatic imine (C=N–C) groups is 1. The van der Waals surface area contributed by atoms with E-state index in [0.29, 0.717) is 13.2 Å². The van der Waals surface area contributed by atoms with Gasteiger partial charge in [-0.05, 0) is 25.5 Å². The monoisotopic (exact) mass is 439 g/mol. The third kappa shape index (κ3) is 6.39. The van der Waals surface area contributed by atoms with Crippen molar-refractivity contribution in [3.8, 4) is 5.75 Å². The highest BCUT2D eigenvalue weighted by molar-refractivity contribution is 14.0. The smallest absolute Gasteiger partial charge is 0.191 e. The molecular formula is C19H26IN3O. The van der Waals surface area contributed by atoms with E-state index in [4.69, 9.17) is 4.74 Å². The van der Waals surface area contributed by atoms with Gasteiger partial charge in [0.15, 0.2) is 5.96 Å². The highest BCUT2D eigenvalue weighted by Crippen LogP contribution is 2.17. The summed E-state index contributed by atoms with van der Waals surface area (Å²) in [5.74, 6) is 1.69. The molecule has 0 atom stereocenters. The van der Waals surface area contributed by atoms with Crippen molar-refractivity contribution in [3.63, 3.8) is 0 Å². The number of rotatable bonds is 6. The zero-order chi connectivity index (χ0) is 16.5. The zero-order valence-electron chi connectivity index (χ0n) is 14.5. The van der Waals surface area contributed by atoms with Crippen LogP contribution in [0, 0.1) is 6.92 Å². The van der Waals surface area contributed by atoms with E-state index in [1.54, 1.807) is 7.05 Å². The van der Waals surface area contributed by atoms with Gasteiger partial charge >= 0.3 is 0 Å². The van der Waals surface area contributed by atoms with Crippen LogP contribution in [-0.2, 0) is 13.1 Å². The molecule has 0 radical (unpaired) electrons. The first-order valence-electron chi connectivity index (χ1n) is 7.93. The van der Waals surface area contributed by atoms with Crippen molar-refractivity contribution in [3.05, 3.63) is 65.2 Å². The van der Waals surface area contributed by atoms with E-state index in [1.807, 2.05) is 25.1 Å². The largest absolute Gasteiger partial charge is 0.494 e. The second kappa shape index (κ2) is 10.9. The van der Waals surface area contributed by atoms with Gasteiger partial charge in [-0.15, -0.1) is 24.0 Å². The van der Waals surface area contributed by atoms with Crippen molar-refractivity contribution in [2.45, 2.75) is 26.9 Å². The van der Waals surface area contributed by atoms with E-state index in [2.05, 4.69) is 52.9 Å². The van der Waals surface area contributed by atoms with E-state index < -0.39 is 0 Å². The molecule has 2 N–H and O–H groups in total. The van der Waals surface area contributed by atoms with E-state index in [-0.39, 0.29) is 24.0 Å². The number of para-hydroxylation sites is 1. The summed E-state index contributed by atoms with van der Waals surface area (Å²) in [5.41, 5.74) is 3.62. The van der Waals surface area contributed by atoms with Gasteiger partial charge in [-0.2, -0.15) is 0 Å². The van der Waals surface area contributed by atoms with Gasteiger partial charge in [0.05, 0.1) is 6.61 Å². The molecule has 4 nitrogen and oxygen atoms in total. The SMILES string of the molecule is CCOc1ccccc1CNC(=NC)NCc1cccc(C)c1.I. The van der Waals surface area contributed by atoms with Gasteiger partial charge in [0, 0.05) is 25.7 Å². The number of aryl methyl sites for hydroxylation is 1. The van der Waals surface area contributed by atoms with Gasteiger partial charge in [-0.1, -0.05) is 48.0 Å². The van der Waals surface area contributed by atoms with Gasteiger partial charge in [-0.25, -0.2) is 0 Å². The van der Waals surface area contributed by atoms with Crippen molar-refractivity contribution >= 4 is 29.9 Å². The molecule has 0 saturated heterocycles. The standard InChI is InChI=1S/C19H25N3O.HI/c1-4-23-18-11-6-5-10-17(18)14-22-19(20-3)21-13-16-9-7-8-15(2)12-16;/h5-12H,4,13-14H2,1-3H3,(H2,20,21,22);1H. The number of nitrogens with one attached hydrogen (secondary N) is 2. The van der Waals surface area contributed by atoms with Crippen LogP contribution in [0.4, 0.5) is 0 Å². The molecule has 0 spiro atoms. The molecular weight excluding hydrogens is 413 g/mol. The molecule has 0 unspecified atom stereocenters. The molecule has 0 amide bonds. The van der Waals surface area contributed by atoms with Crippen LogP contribution in [0.5, 0.6) is 5.75 Å². The maximum absolute atomic E-state index is 5.65. The molecule has 0 saturated carbocycles. The molecule has 0 aliphatic heterocycles. The number of benzene rings is 2. The molecule has 24 heavy (non-hydrogen) atoms. The fourth-order valence-electron chi connectivity index (χ4n) is 2.35. The molecule has 2 rings (SSSR count). The minimum Gasteiger partial charge on any atom is -0.494 e.